The van der Waals surface area contributed by atoms with Gasteiger partial charge in [0.2, 0.25) is 0 Å². The minimum Gasteiger partial charge on any atom is -0.497 e. The van der Waals surface area contributed by atoms with Gasteiger partial charge in [-0.3, -0.25) is 4.79 Å². The topological polar surface area (TPSA) is 79.3 Å². The van der Waals surface area contributed by atoms with Crippen LogP contribution in [-0.2, 0) is 7.05 Å². The van der Waals surface area contributed by atoms with E-state index in [1.54, 1.807) is 13.2 Å². The Morgan fingerprint density at radius 1 is 1.39 bits per heavy atom. The lowest BCUT2D eigenvalue weighted by atomic mass is 10.2. The SMILES string of the molecule is COc1ccc2cc(C(=O)NCC(O)c3cccn3C)[nH]c2c1. The van der Waals surface area contributed by atoms with E-state index in [1.165, 1.54) is 0 Å². The second kappa shape index (κ2) is 6.18. The van der Waals surface area contributed by atoms with Gasteiger partial charge in [0.1, 0.15) is 17.5 Å². The largest absolute Gasteiger partial charge is 0.497 e. The normalized spacial score (nSPS) is 12.3. The molecule has 23 heavy (non-hydrogen) atoms. The zero-order valence-corrected chi connectivity index (χ0v) is 13.0. The van der Waals surface area contributed by atoms with Gasteiger partial charge >= 0.3 is 0 Å². The molecule has 3 aromatic rings. The summed E-state index contributed by atoms with van der Waals surface area (Å²) in [6.45, 7) is 0.148. The molecule has 6 heteroatoms. The predicted molar refractivity (Wildman–Crippen MR) is 87.6 cm³/mol. The zero-order valence-electron chi connectivity index (χ0n) is 13.0. The number of carbonyl (C=O) groups excluding carboxylic acids is 1. The number of H-pyrrole nitrogens is 1. The first kappa shape index (κ1) is 15.2. The molecule has 1 aromatic carbocycles. The van der Waals surface area contributed by atoms with Gasteiger partial charge in [-0.2, -0.15) is 0 Å². The molecule has 0 aliphatic heterocycles. The van der Waals surface area contributed by atoms with Crippen LogP contribution in [0.25, 0.3) is 10.9 Å². The van der Waals surface area contributed by atoms with E-state index >= 15 is 0 Å². The van der Waals surface area contributed by atoms with Crippen LogP contribution in [0.15, 0.2) is 42.6 Å². The molecule has 2 aromatic heterocycles. The molecule has 0 fully saturated rings. The smallest absolute Gasteiger partial charge is 0.267 e. The third-order valence-corrected chi connectivity index (χ3v) is 3.86. The fraction of sp³-hybridized carbons (Fsp3) is 0.235. The number of methoxy groups -OCH3 is 1. The molecule has 0 radical (unpaired) electrons. The molecule has 1 atom stereocenters. The van der Waals surface area contributed by atoms with Crippen LogP contribution in [0.3, 0.4) is 0 Å². The second-order valence-electron chi connectivity index (χ2n) is 5.41. The van der Waals surface area contributed by atoms with Gasteiger partial charge in [-0.15, -0.1) is 0 Å². The first-order valence-corrected chi connectivity index (χ1v) is 7.32. The highest BCUT2D eigenvalue weighted by Gasteiger charge is 2.14. The number of fused-ring (bicyclic) bond motifs is 1. The van der Waals surface area contributed by atoms with E-state index < -0.39 is 6.10 Å². The fourth-order valence-corrected chi connectivity index (χ4v) is 2.57. The van der Waals surface area contributed by atoms with Crippen LogP contribution >= 0.6 is 0 Å². The Hall–Kier alpha value is -2.73. The number of carbonyl (C=O) groups is 1. The Bertz CT molecular complexity index is 835. The number of nitrogens with zero attached hydrogens (tertiary/aromatic N) is 1. The highest BCUT2D eigenvalue weighted by Crippen LogP contribution is 2.21. The van der Waals surface area contributed by atoms with Gasteiger partial charge in [0.05, 0.1) is 7.11 Å². The van der Waals surface area contributed by atoms with Crippen molar-refractivity contribution in [1.29, 1.82) is 0 Å². The monoisotopic (exact) mass is 313 g/mol. The molecule has 2 heterocycles. The number of hydrogen-bond acceptors (Lipinski definition) is 3. The van der Waals surface area contributed by atoms with Crippen molar-refractivity contribution in [3.8, 4) is 5.75 Å². The summed E-state index contributed by atoms with van der Waals surface area (Å²) >= 11 is 0. The summed E-state index contributed by atoms with van der Waals surface area (Å²) in [5.41, 5.74) is 2.04. The number of nitrogens with one attached hydrogen (secondary N) is 2. The highest BCUT2D eigenvalue weighted by molar-refractivity contribution is 5.98. The third kappa shape index (κ3) is 3.07. The summed E-state index contributed by atoms with van der Waals surface area (Å²) in [7, 11) is 3.45. The number of aryl methyl sites for hydroxylation is 1. The van der Waals surface area contributed by atoms with E-state index in [4.69, 9.17) is 4.74 Å². The number of aromatic nitrogens is 2. The standard InChI is InChI=1S/C17H19N3O3/c1-20-7-3-4-15(20)16(21)10-18-17(22)14-8-11-5-6-12(23-2)9-13(11)19-14/h3-9,16,19,21H,10H2,1-2H3,(H,18,22). The van der Waals surface area contributed by atoms with E-state index in [9.17, 15) is 9.90 Å². The summed E-state index contributed by atoms with van der Waals surface area (Å²) in [4.78, 5) is 15.3. The molecule has 0 saturated carbocycles. The zero-order chi connectivity index (χ0) is 16.4. The van der Waals surface area contributed by atoms with E-state index in [2.05, 4.69) is 10.3 Å². The number of aliphatic hydroxyl groups excluding tert-OH is 1. The maximum Gasteiger partial charge on any atom is 0.267 e. The maximum atomic E-state index is 12.2. The van der Waals surface area contributed by atoms with Gasteiger partial charge < -0.3 is 24.7 Å². The van der Waals surface area contributed by atoms with Gasteiger partial charge in [0, 0.05) is 42.5 Å². The maximum absolute atomic E-state index is 12.2. The van der Waals surface area contributed by atoms with Crippen molar-refractivity contribution in [2.24, 2.45) is 7.05 Å². The van der Waals surface area contributed by atoms with Crippen LogP contribution in [0.2, 0.25) is 0 Å². The molecule has 0 aliphatic carbocycles. The average molecular weight is 313 g/mol. The second-order valence-corrected chi connectivity index (χ2v) is 5.41. The Balaban J connectivity index is 1.69. The van der Waals surface area contributed by atoms with Crippen molar-refractivity contribution in [3.63, 3.8) is 0 Å². The van der Waals surface area contributed by atoms with Crippen LogP contribution < -0.4 is 10.1 Å². The van der Waals surface area contributed by atoms with Gasteiger partial charge in [-0.1, -0.05) is 0 Å². The summed E-state index contributed by atoms with van der Waals surface area (Å²) in [6.07, 6.45) is 1.11. The molecule has 0 saturated heterocycles. The number of ether oxygens (including phenoxy) is 1. The minimum absolute atomic E-state index is 0.148. The Morgan fingerprint density at radius 3 is 2.91 bits per heavy atom. The minimum atomic E-state index is -0.747. The van der Waals surface area contributed by atoms with E-state index in [0.717, 1.165) is 22.3 Å². The van der Waals surface area contributed by atoms with Crippen LogP contribution in [0.4, 0.5) is 0 Å². The van der Waals surface area contributed by atoms with Crippen LogP contribution in [0.5, 0.6) is 5.75 Å². The molecular formula is C17H19N3O3. The van der Waals surface area contributed by atoms with Crippen LogP contribution in [-0.4, -0.2) is 34.2 Å². The Labute approximate surface area is 133 Å². The van der Waals surface area contributed by atoms with Crippen molar-refractivity contribution in [2.75, 3.05) is 13.7 Å². The molecule has 0 aliphatic rings. The van der Waals surface area contributed by atoms with Crippen molar-refractivity contribution >= 4 is 16.8 Å². The Morgan fingerprint density at radius 2 is 2.22 bits per heavy atom. The average Bonchev–Trinajstić information content (AvgIpc) is 3.17. The van der Waals surface area contributed by atoms with Gasteiger partial charge in [-0.05, 0) is 30.3 Å². The third-order valence-electron chi connectivity index (χ3n) is 3.86. The molecular weight excluding hydrogens is 294 g/mol. The lowest BCUT2D eigenvalue weighted by molar-refractivity contribution is 0.0908. The Kier molecular flexibility index (Phi) is 4.08. The van der Waals surface area contributed by atoms with Crippen molar-refractivity contribution in [1.82, 2.24) is 14.9 Å². The lowest BCUT2D eigenvalue weighted by Crippen LogP contribution is -2.29. The van der Waals surface area contributed by atoms with E-state index in [1.807, 2.05) is 48.1 Å². The number of rotatable bonds is 5. The number of aromatic amines is 1. The first-order valence-electron chi connectivity index (χ1n) is 7.32. The number of hydrogen-bond donors (Lipinski definition) is 3. The van der Waals surface area contributed by atoms with Crippen molar-refractivity contribution in [2.45, 2.75) is 6.10 Å². The van der Waals surface area contributed by atoms with Crippen molar-refractivity contribution in [3.05, 3.63) is 54.0 Å². The van der Waals surface area contributed by atoms with Crippen LogP contribution in [0.1, 0.15) is 22.3 Å². The van der Waals surface area contributed by atoms with E-state index in [-0.39, 0.29) is 12.5 Å². The van der Waals surface area contributed by atoms with Crippen LogP contribution in [0, 0.1) is 0 Å². The van der Waals surface area contributed by atoms with E-state index in [0.29, 0.717) is 5.69 Å². The molecule has 0 bridgehead atoms. The molecule has 120 valence electrons. The number of amides is 1. The summed E-state index contributed by atoms with van der Waals surface area (Å²) in [5, 5.41) is 13.8. The van der Waals surface area contributed by atoms with Gasteiger partial charge in [0.25, 0.3) is 5.91 Å². The molecule has 3 N–H and O–H groups in total. The van der Waals surface area contributed by atoms with Gasteiger partial charge in [-0.25, -0.2) is 0 Å². The number of benzene rings is 1. The highest BCUT2D eigenvalue weighted by atomic mass is 16.5. The molecule has 3 rings (SSSR count). The first-order chi connectivity index (χ1) is 11.1. The lowest BCUT2D eigenvalue weighted by Gasteiger charge is -2.12. The predicted octanol–water partition coefficient (Wildman–Crippen LogP) is 1.98. The fourth-order valence-electron chi connectivity index (χ4n) is 2.57. The molecule has 1 unspecified atom stereocenters. The summed E-state index contributed by atoms with van der Waals surface area (Å²) in [5.74, 6) is 0.471. The summed E-state index contributed by atoms with van der Waals surface area (Å²) in [6, 6.07) is 11.0. The number of aliphatic hydroxyl groups is 1. The molecule has 0 spiro atoms. The van der Waals surface area contributed by atoms with Crippen molar-refractivity contribution < 1.29 is 14.6 Å². The molecule has 1 amide bonds. The summed E-state index contributed by atoms with van der Waals surface area (Å²) < 4.78 is 6.99. The van der Waals surface area contributed by atoms with Gasteiger partial charge in [0.15, 0.2) is 0 Å². The quantitative estimate of drug-likeness (QED) is 0.674. The molecule has 6 nitrogen and oxygen atoms in total.